The smallest absolute Gasteiger partial charge is 0.159 e. The molecule has 0 unspecified atom stereocenters. The molecular formula is C16H16OS. The lowest BCUT2D eigenvalue weighted by Crippen LogP contribution is -1.90. The maximum Gasteiger partial charge on any atom is 0.159 e. The molecule has 0 N–H and O–H groups in total. The van der Waals surface area contributed by atoms with Gasteiger partial charge >= 0.3 is 0 Å². The number of Topliss-reactive ketones (excluding diaryl/α,β-unsaturated/α-hetero) is 1. The zero-order chi connectivity index (χ0) is 13.1. The van der Waals surface area contributed by atoms with E-state index in [2.05, 4.69) is 32.0 Å². The van der Waals surface area contributed by atoms with E-state index < -0.39 is 0 Å². The van der Waals surface area contributed by atoms with Crippen LogP contribution in [0.4, 0.5) is 0 Å². The summed E-state index contributed by atoms with van der Waals surface area (Å²) in [5.74, 6) is 0.110. The molecule has 1 nitrogen and oxygen atoms in total. The molecule has 2 rings (SSSR count). The molecular weight excluding hydrogens is 240 g/mol. The van der Waals surface area contributed by atoms with Crippen molar-refractivity contribution in [1.82, 2.24) is 0 Å². The van der Waals surface area contributed by atoms with Crippen molar-refractivity contribution in [3.63, 3.8) is 0 Å². The molecule has 18 heavy (non-hydrogen) atoms. The Balaban J connectivity index is 2.23. The van der Waals surface area contributed by atoms with Gasteiger partial charge in [0.1, 0.15) is 0 Å². The molecule has 0 aliphatic heterocycles. The van der Waals surface area contributed by atoms with Crippen molar-refractivity contribution in [3.8, 4) is 0 Å². The van der Waals surface area contributed by atoms with E-state index in [-0.39, 0.29) is 5.78 Å². The minimum Gasteiger partial charge on any atom is -0.295 e. The molecule has 0 heterocycles. The van der Waals surface area contributed by atoms with Gasteiger partial charge in [0.2, 0.25) is 0 Å². The first-order valence-electron chi connectivity index (χ1n) is 5.92. The normalized spacial score (nSPS) is 10.4. The summed E-state index contributed by atoms with van der Waals surface area (Å²) in [6.07, 6.45) is 0. The number of carbonyl (C=O) groups excluding carboxylic acids is 1. The fourth-order valence-corrected chi connectivity index (χ4v) is 2.70. The van der Waals surface area contributed by atoms with Crippen molar-refractivity contribution in [2.75, 3.05) is 0 Å². The van der Waals surface area contributed by atoms with Crippen molar-refractivity contribution < 1.29 is 4.79 Å². The maximum atomic E-state index is 11.2. The monoisotopic (exact) mass is 256 g/mol. The number of aryl methyl sites for hydroxylation is 2. The SMILES string of the molecule is CC(=O)c1ccc(Sc2cc(C)ccc2C)cc1. The summed E-state index contributed by atoms with van der Waals surface area (Å²) in [6, 6.07) is 14.2. The van der Waals surface area contributed by atoms with E-state index in [1.54, 1.807) is 18.7 Å². The third-order valence-corrected chi connectivity index (χ3v) is 4.00. The second-order valence-electron chi connectivity index (χ2n) is 4.45. The van der Waals surface area contributed by atoms with E-state index in [1.807, 2.05) is 24.3 Å². The van der Waals surface area contributed by atoms with Crippen LogP contribution >= 0.6 is 11.8 Å². The average Bonchev–Trinajstić information content (AvgIpc) is 2.34. The third-order valence-electron chi connectivity index (χ3n) is 2.83. The van der Waals surface area contributed by atoms with Crippen LogP contribution in [-0.4, -0.2) is 5.78 Å². The van der Waals surface area contributed by atoms with Gasteiger partial charge in [-0.2, -0.15) is 0 Å². The first-order valence-corrected chi connectivity index (χ1v) is 6.74. The van der Waals surface area contributed by atoms with Gasteiger partial charge in [0, 0.05) is 15.4 Å². The van der Waals surface area contributed by atoms with Crippen LogP contribution in [0.5, 0.6) is 0 Å². The summed E-state index contributed by atoms with van der Waals surface area (Å²) in [5, 5.41) is 0. The molecule has 0 aliphatic carbocycles. The lowest BCUT2D eigenvalue weighted by atomic mass is 10.2. The van der Waals surface area contributed by atoms with E-state index >= 15 is 0 Å². The molecule has 0 atom stereocenters. The number of hydrogen-bond donors (Lipinski definition) is 0. The van der Waals surface area contributed by atoms with E-state index in [1.165, 1.54) is 16.0 Å². The molecule has 0 aromatic heterocycles. The van der Waals surface area contributed by atoms with Gasteiger partial charge in [-0.3, -0.25) is 4.79 Å². The number of carbonyl (C=O) groups is 1. The van der Waals surface area contributed by atoms with E-state index in [0.29, 0.717) is 0 Å². The molecule has 2 heteroatoms. The lowest BCUT2D eigenvalue weighted by Gasteiger charge is -2.07. The van der Waals surface area contributed by atoms with Gasteiger partial charge in [-0.1, -0.05) is 36.0 Å². The van der Waals surface area contributed by atoms with E-state index in [4.69, 9.17) is 0 Å². The lowest BCUT2D eigenvalue weighted by molar-refractivity contribution is 0.101. The molecule has 0 saturated heterocycles. The van der Waals surface area contributed by atoms with Gasteiger partial charge in [-0.25, -0.2) is 0 Å². The first kappa shape index (κ1) is 12.9. The second kappa shape index (κ2) is 5.40. The topological polar surface area (TPSA) is 17.1 Å². The minimum atomic E-state index is 0.110. The van der Waals surface area contributed by atoms with Gasteiger partial charge in [-0.05, 0) is 50.1 Å². The largest absolute Gasteiger partial charge is 0.295 e. The predicted molar refractivity (Wildman–Crippen MR) is 76.5 cm³/mol. The Morgan fingerprint density at radius 2 is 1.67 bits per heavy atom. The molecule has 0 fully saturated rings. The Bertz CT molecular complexity index is 570. The number of benzene rings is 2. The summed E-state index contributed by atoms with van der Waals surface area (Å²) in [5.41, 5.74) is 3.31. The van der Waals surface area contributed by atoms with Crippen molar-refractivity contribution in [1.29, 1.82) is 0 Å². The zero-order valence-electron chi connectivity index (χ0n) is 10.9. The van der Waals surface area contributed by atoms with Crippen LogP contribution in [0.25, 0.3) is 0 Å². The highest BCUT2D eigenvalue weighted by Gasteiger charge is 2.03. The standard InChI is InChI=1S/C16H16OS/c1-11-4-5-12(2)16(10-11)18-15-8-6-14(7-9-15)13(3)17/h4-10H,1-3H3. The van der Waals surface area contributed by atoms with Crippen LogP contribution in [0.2, 0.25) is 0 Å². The van der Waals surface area contributed by atoms with Crippen molar-refractivity contribution in [2.24, 2.45) is 0 Å². The van der Waals surface area contributed by atoms with Gasteiger partial charge < -0.3 is 0 Å². The molecule has 0 amide bonds. The van der Waals surface area contributed by atoms with E-state index in [9.17, 15) is 4.79 Å². The van der Waals surface area contributed by atoms with Crippen LogP contribution in [0.15, 0.2) is 52.3 Å². The van der Waals surface area contributed by atoms with Gasteiger partial charge in [-0.15, -0.1) is 0 Å². The van der Waals surface area contributed by atoms with Gasteiger partial charge in [0.15, 0.2) is 5.78 Å². The zero-order valence-corrected chi connectivity index (χ0v) is 11.7. The molecule has 0 radical (unpaired) electrons. The van der Waals surface area contributed by atoms with Crippen molar-refractivity contribution in [3.05, 3.63) is 59.2 Å². The van der Waals surface area contributed by atoms with Gasteiger partial charge in [0.25, 0.3) is 0 Å². The number of hydrogen-bond acceptors (Lipinski definition) is 2. The molecule has 0 saturated carbocycles. The molecule has 0 bridgehead atoms. The average molecular weight is 256 g/mol. The fourth-order valence-electron chi connectivity index (χ4n) is 1.70. The number of ketones is 1. The van der Waals surface area contributed by atoms with Crippen molar-refractivity contribution in [2.45, 2.75) is 30.6 Å². The minimum absolute atomic E-state index is 0.110. The summed E-state index contributed by atoms with van der Waals surface area (Å²) in [6.45, 7) is 5.81. The predicted octanol–water partition coefficient (Wildman–Crippen LogP) is 4.66. The Morgan fingerprint density at radius 3 is 2.28 bits per heavy atom. The summed E-state index contributed by atoms with van der Waals surface area (Å²) in [7, 11) is 0. The Kier molecular flexibility index (Phi) is 3.87. The fraction of sp³-hybridized carbons (Fsp3) is 0.188. The van der Waals surface area contributed by atoms with Crippen LogP contribution in [0, 0.1) is 13.8 Å². The van der Waals surface area contributed by atoms with Crippen molar-refractivity contribution >= 4 is 17.5 Å². The first-order chi connectivity index (χ1) is 8.56. The summed E-state index contributed by atoms with van der Waals surface area (Å²) < 4.78 is 0. The molecule has 0 spiro atoms. The van der Waals surface area contributed by atoms with Crippen LogP contribution in [-0.2, 0) is 0 Å². The van der Waals surface area contributed by atoms with Crippen LogP contribution in [0.1, 0.15) is 28.4 Å². The second-order valence-corrected chi connectivity index (χ2v) is 5.57. The maximum absolute atomic E-state index is 11.2. The van der Waals surface area contributed by atoms with E-state index in [0.717, 1.165) is 10.5 Å². The third kappa shape index (κ3) is 3.02. The Hall–Kier alpha value is -1.54. The van der Waals surface area contributed by atoms with Gasteiger partial charge in [0.05, 0.1) is 0 Å². The quantitative estimate of drug-likeness (QED) is 0.743. The Morgan fingerprint density at radius 1 is 1.00 bits per heavy atom. The number of rotatable bonds is 3. The molecule has 0 aliphatic rings. The van der Waals surface area contributed by atoms with Crippen LogP contribution in [0.3, 0.4) is 0 Å². The molecule has 2 aromatic rings. The Labute approximate surface area is 112 Å². The van der Waals surface area contributed by atoms with Crippen LogP contribution < -0.4 is 0 Å². The highest BCUT2D eigenvalue weighted by atomic mass is 32.2. The highest BCUT2D eigenvalue weighted by Crippen LogP contribution is 2.31. The molecule has 2 aromatic carbocycles. The highest BCUT2D eigenvalue weighted by molar-refractivity contribution is 7.99. The molecule has 92 valence electrons. The summed E-state index contributed by atoms with van der Waals surface area (Å²) >= 11 is 1.74. The summed E-state index contributed by atoms with van der Waals surface area (Å²) in [4.78, 5) is 13.6.